The Bertz CT molecular complexity index is 662. The van der Waals surface area contributed by atoms with E-state index in [1.165, 1.54) is 0 Å². The van der Waals surface area contributed by atoms with E-state index < -0.39 is 6.10 Å². The number of aliphatic hydroxyl groups is 1. The van der Waals surface area contributed by atoms with Gasteiger partial charge in [0.25, 0.3) is 0 Å². The summed E-state index contributed by atoms with van der Waals surface area (Å²) in [5.74, 6) is 0.363. The molecule has 1 amide bonds. The van der Waals surface area contributed by atoms with Gasteiger partial charge in [-0.1, -0.05) is 94.4 Å². The number of unbranched alkanes of at least 4 members (excludes halogenated alkanes) is 3. The van der Waals surface area contributed by atoms with Gasteiger partial charge in [-0.25, -0.2) is 0 Å². The van der Waals surface area contributed by atoms with Gasteiger partial charge in [-0.3, -0.25) is 4.79 Å². The zero-order chi connectivity index (χ0) is 24.9. The van der Waals surface area contributed by atoms with Gasteiger partial charge in [-0.05, 0) is 57.3 Å². The Balaban J connectivity index is 2.02. The lowest BCUT2D eigenvalue weighted by molar-refractivity contribution is -0.182. The van der Waals surface area contributed by atoms with Crippen LogP contribution in [-0.2, 0) is 9.53 Å². The largest absolute Gasteiger partial charge is 0.388 e. The molecule has 0 aromatic heterocycles. The number of allylic oxidation sites excluding steroid dienone is 10. The second kappa shape index (κ2) is 20.5. The molecule has 34 heavy (non-hydrogen) atoms. The number of aliphatic hydroxyl groups excluding tert-OH is 1. The number of ether oxygens (including phenoxy) is 1. The van der Waals surface area contributed by atoms with E-state index in [0.29, 0.717) is 18.9 Å². The molecule has 4 heteroatoms. The minimum Gasteiger partial charge on any atom is -0.388 e. The number of hydrogen-bond acceptors (Lipinski definition) is 3. The smallest absolute Gasteiger partial charge is 0.220 e. The molecule has 0 bridgehead atoms. The van der Waals surface area contributed by atoms with Crippen molar-refractivity contribution in [2.45, 2.75) is 110 Å². The summed E-state index contributed by atoms with van der Waals surface area (Å²) in [6.07, 6.45) is 32.2. The predicted octanol–water partition coefficient (Wildman–Crippen LogP) is 6.98. The fourth-order valence-corrected chi connectivity index (χ4v) is 3.79. The molecule has 0 aromatic carbocycles. The Kier molecular flexibility index (Phi) is 18.1. The van der Waals surface area contributed by atoms with E-state index in [-0.39, 0.29) is 18.1 Å². The lowest BCUT2D eigenvalue weighted by Gasteiger charge is -2.41. The SMILES string of the molecule is CC/C=C\C/C=C\C/C=C\C/C=C\C/C=C\CCCCCC(=O)N[C@H](C1OCC1O)[C@@H](C)CC. The van der Waals surface area contributed by atoms with Gasteiger partial charge in [0.2, 0.25) is 5.91 Å². The highest BCUT2D eigenvalue weighted by Gasteiger charge is 2.39. The second-order valence-corrected chi connectivity index (χ2v) is 9.15. The number of carbonyl (C=O) groups is 1. The van der Waals surface area contributed by atoms with Gasteiger partial charge in [0, 0.05) is 6.42 Å². The maximum atomic E-state index is 12.3. The van der Waals surface area contributed by atoms with Gasteiger partial charge in [0.1, 0.15) is 12.2 Å². The van der Waals surface area contributed by atoms with Gasteiger partial charge in [-0.2, -0.15) is 0 Å². The molecule has 4 nitrogen and oxygen atoms in total. The van der Waals surface area contributed by atoms with Crippen molar-refractivity contribution in [3.63, 3.8) is 0 Å². The molecule has 192 valence electrons. The molecule has 2 unspecified atom stereocenters. The Labute approximate surface area is 208 Å². The summed E-state index contributed by atoms with van der Waals surface area (Å²) in [7, 11) is 0. The standard InChI is InChI=1S/C30H49NO3/c1-4-6-7-8-9-10-11-12-13-14-15-16-17-18-19-20-21-22-23-24-28(33)31-29(26(3)5-2)30-27(32)25-34-30/h6-7,9-10,12-13,15-16,18-19,26-27,29-30,32H,4-5,8,11,14,17,20-25H2,1-3H3,(H,31,33)/b7-6-,10-9-,13-12-,16-15-,19-18-/t26-,27?,29-,30?/m0/s1. The lowest BCUT2D eigenvalue weighted by atomic mass is 9.89. The third kappa shape index (κ3) is 14.4. The molecule has 2 N–H and O–H groups in total. The van der Waals surface area contributed by atoms with Crippen molar-refractivity contribution < 1.29 is 14.6 Å². The van der Waals surface area contributed by atoms with Gasteiger partial charge in [0.15, 0.2) is 0 Å². The van der Waals surface area contributed by atoms with Crippen LogP contribution in [0.4, 0.5) is 0 Å². The summed E-state index contributed by atoms with van der Waals surface area (Å²) in [5.41, 5.74) is 0. The number of rotatable bonds is 19. The van der Waals surface area contributed by atoms with E-state index in [9.17, 15) is 9.90 Å². The van der Waals surface area contributed by atoms with Crippen molar-refractivity contribution in [1.82, 2.24) is 5.32 Å². The molecule has 1 fully saturated rings. The first kappa shape index (κ1) is 30.1. The van der Waals surface area contributed by atoms with E-state index in [1.807, 2.05) is 0 Å². The maximum Gasteiger partial charge on any atom is 0.220 e. The van der Waals surface area contributed by atoms with E-state index in [1.54, 1.807) is 0 Å². The van der Waals surface area contributed by atoms with Crippen LogP contribution in [0.15, 0.2) is 60.8 Å². The van der Waals surface area contributed by atoms with E-state index in [0.717, 1.165) is 64.2 Å². The summed E-state index contributed by atoms with van der Waals surface area (Å²) in [4.78, 5) is 12.3. The monoisotopic (exact) mass is 471 g/mol. The van der Waals surface area contributed by atoms with Crippen LogP contribution >= 0.6 is 0 Å². The molecule has 0 aromatic rings. The van der Waals surface area contributed by atoms with Crippen LogP contribution in [0.3, 0.4) is 0 Å². The molecule has 0 aliphatic carbocycles. The topological polar surface area (TPSA) is 58.6 Å². The third-order valence-corrected chi connectivity index (χ3v) is 6.21. The van der Waals surface area contributed by atoms with Gasteiger partial charge < -0.3 is 15.2 Å². The quantitative estimate of drug-likeness (QED) is 0.158. The van der Waals surface area contributed by atoms with E-state index >= 15 is 0 Å². The molecule has 0 spiro atoms. The van der Waals surface area contributed by atoms with Crippen LogP contribution in [0.2, 0.25) is 0 Å². The summed E-state index contributed by atoms with van der Waals surface area (Å²) in [6, 6.07) is -0.0949. The molecular formula is C30H49NO3. The fraction of sp³-hybridized carbons (Fsp3) is 0.633. The molecule has 1 aliphatic heterocycles. The lowest BCUT2D eigenvalue weighted by Crippen LogP contribution is -2.60. The number of hydrogen-bond donors (Lipinski definition) is 2. The summed E-state index contributed by atoms with van der Waals surface area (Å²) in [5, 5.41) is 13.0. The number of amides is 1. The molecule has 1 heterocycles. The molecular weight excluding hydrogens is 422 g/mol. The summed E-state index contributed by atoms with van der Waals surface area (Å²) >= 11 is 0. The normalized spacial score (nSPS) is 20.7. The Morgan fingerprint density at radius 3 is 1.91 bits per heavy atom. The van der Waals surface area contributed by atoms with Crippen LogP contribution in [0, 0.1) is 5.92 Å². The molecule has 1 saturated heterocycles. The van der Waals surface area contributed by atoms with Crippen molar-refractivity contribution in [3.8, 4) is 0 Å². The Hall–Kier alpha value is -1.91. The zero-order valence-electron chi connectivity index (χ0n) is 21.8. The molecule has 0 saturated carbocycles. The highest BCUT2D eigenvalue weighted by molar-refractivity contribution is 5.76. The van der Waals surface area contributed by atoms with Crippen molar-refractivity contribution in [3.05, 3.63) is 60.8 Å². The summed E-state index contributed by atoms with van der Waals surface area (Å²) in [6.45, 7) is 6.74. The maximum absolute atomic E-state index is 12.3. The van der Waals surface area contributed by atoms with Crippen molar-refractivity contribution in [1.29, 1.82) is 0 Å². The Morgan fingerprint density at radius 1 is 0.882 bits per heavy atom. The first-order valence-corrected chi connectivity index (χ1v) is 13.4. The van der Waals surface area contributed by atoms with Crippen LogP contribution < -0.4 is 5.32 Å². The third-order valence-electron chi connectivity index (χ3n) is 6.21. The average Bonchev–Trinajstić information content (AvgIpc) is 2.83. The second-order valence-electron chi connectivity index (χ2n) is 9.15. The van der Waals surface area contributed by atoms with E-state index in [4.69, 9.17) is 4.74 Å². The number of carbonyl (C=O) groups excluding carboxylic acids is 1. The summed E-state index contributed by atoms with van der Waals surface area (Å²) < 4.78 is 5.49. The Morgan fingerprint density at radius 2 is 1.44 bits per heavy atom. The highest BCUT2D eigenvalue weighted by atomic mass is 16.5. The molecule has 4 atom stereocenters. The molecule has 1 aliphatic rings. The van der Waals surface area contributed by atoms with Gasteiger partial charge in [-0.15, -0.1) is 0 Å². The predicted molar refractivity (Wildman–Crippen MR) is 145 cm³/mol. The fourth-order valence-electron chi connectivity index (χ4n) is 3.79. The van der Waals surface area contributed by atoms with Crippen LogP contribution in [0.5, 0.6) is 0 Å². The number of nitrogens with one attached hydrogen (secondary N) is 1. The van der Waals surface area contributed by atoms with Crippen LogP contribution in [0.1, 0.15) is 91.4 Å². The van der Waals surface area contributed by atoms with Crippen LogP contribution in [-0.4, -0.2) is 35.9 Å². The highest BCUT2D eigenvalue weighted by Crippen LogP contribution is 2.23. The average molecular weight is 472 g/mol. The molecule has 1 rings (SSSR count). The van der Waals surface area contributed by atoms with Crippen molar-refractivity contribution in [2.75, 3.05) is 6.61 Å². The minimum absolute atomic E-state index is 0.0721. The first-order valence-electron chi connectivity index (χ1n) is 13.4. The van der Waals surface area contributed by atoms with Crippen molar-refractivity contribution >= 4 is 5.91 Å². The zero-order valence-corrected chi connectivity index (χ0v) is 21.8. The minimum atomic E-state index is -0.456. The van der Waals surface area contributed by atoms with Crippen LogP contribution in [0.25, 0.3) is 0 Å². The molecule has 0 radical (unpaired) electrons. The first-order chi connectivity index (χ1) is 16.6. The van der Waals surface area contributed by atoms with Crippen molar-refractivity contribution in [2.24, 2.45) is 5.92 Å². The van der Waals surface area contributed by atoms with Gasteiger partial charge >= 0.3 is 0 Å². The van der Waals surface area contributed by atoms with E-state index in [2.05, 4.69) is 86.8 Å². The van der Waals surface area contributed by atoms with Gasteiger partial charge in [0.05, 0.1) is 12.6 Å².